The highest BCUT2D eigenvalue weighted by Crippen LogP contribution is 2.41. The second-order valence-corrected chi connectivity index (χ2v) is 3.51. The van der Waals surface area contributed by atoms with Gasteiger partial charge in [0.2, 0.25) is 5.91 Å². The van der Waals surface area contributed by atoms with E-state index in [4.69, 9.17) is 0 Å². The van der Waals surface area contributed by atoms with Gasteiger partial charge in [0.25, 0.3) is 5.69 Å². The molecule has 1 aromatic carbocycles. The second-order valence-electron chi connectivity index (χ2n) is 3.51. The van der Waals surface area contributed by atoms with Crippen LogP contribution in [0.1, 0.15) is 12.5 Å². The third-order valence-electron chi connectivity index (χ3n) is 2.13. The first-order chi connectivity index (χ1) is 8.66. The fraction of sp³-hybridized carbons (Fsp3) is 0.300. The Morgan fingerprint density at radius 2 is 2.00 bits per heavy atom. The van der Waals surface area contributed by atoms with Crippen LogP contribution in [0.2, 0.25) is 0 Å². The average Bonchev–Trinajstić information content (AvgIpc) is 2.26. The number of anilines is 1. The number of benzene rings is 1. The molecule has 0 unspecified atom stereocenters. The monoisotopic (exact) mass is 278 g/mol. The Morgan fingerprint density at radius 1 is 1.42 bits per heavy atom. The van der Waals surface area contributed by atoms with Crippen molar-refractivity contribution in [1.29, 1.82) is 0 Å². The summed E-state index contributed by atoms with van der Waals surface area (Å²) in [6, 6.07) is 1.09. The molecule has 104 valence electrons. The first kappa shape index (κ1) is 14.7. The molecule has 0 radical (unpaired) electrons. The van der Waals surface area contributed by atoms with E-state index in [1.54, 1.807) is 0 Å². The zero-order chi connectivity index (χ0) is 14.8. The van der Waals surface area contributed by atoms with Gasteiger partial charge in [-0.3, -0.25) is 14.9 Å². The van der Waals surface area contributed by atoms with Gasteiger partial charge < -0.3 is 10.1 Å². The second kappa shape index (κ2) is 5.12. The van der Waals surface area contributed by atoms with Gasteiger partial charge in [0.05, 0.1) is 18.1 Å². The molecule has 1 rings (SSSR count). The summed E-state index contributed by atoms with van der Waals surface area (Å²) in [5.74, 6) is -1.41. The number of ether oxygens (including phenoxy) is 1. The number of amides is 1. The van der Waals surface area contributed by atoms with E-state index >= 15 is 0 Å². The highest BCUT2D eigenvalue weighted by atomic mass is 19.4. The van der Waals surface area contributed by atoms with Gasteiger partial charge in [0.1, 0.15) is 17.0 Å². The van der Waals surface area contributed by atoms with E-state index < -0.39 is 39.7 Å². The van der Waals surface area contributed by atoms with Gasteiger partial charge in [0, 0.05) is 6.92 Å². The zero-order valence-corrected chi connectivity index (χ0v) is 9.87. The molecule has 1 N–H and O–H groups in total. The summed E-state index contributed by atoms with van der Waals surface area (Å²) in [6.07, 6.45) is -4.76. The number of hydrogen-bond donors (Lipinski definition) is 1. The van der Waals surface area contributed by atoms with Crippen LogP contribution < -0.4 is 10.1 Å². The smallest absolute Gasteiger partial charge is 0.420 e. The Hall–Kier alpha value is -2.32. The first-order valence-electron chi connectivity index (χ1n) is 4.88. The van der Waals surface area contributed by atoms with Crippen LogP contribution in [0.5, 0.6) is 5.75 Å². The van der Waals surface area contributed by atoms with E-state index in [9.17, 15) is 28.1 Å². The third-order valence-corrected chi connectivity index (χ3v) is 2.13. The molecular formula is C10H9F3N2O4. The normalized spacial score (nSPS) is 11.0. The van der Waals surface area contributed by atoms with Gasteiger partial charge in [-0.2, -0.15) is 13.2 Å². The van der Waals surface area contributed by atoms with Crippen molar-refractivity contribution in [1.82, 2.24) is 0 Å². The number of rotatable bonds is 3. The van der Waals surface area contributed by atoms with Gasteiger partial charge in [-0.25, -0.2) is 0 Å². The summed E-state index contributed by atoms with van der Waals surface area (Å²) in [5.41, 5.74) is -2.42. The number of carbonyl (C=O) groups excluding carboxylic acids is 1. The Morgan fingerprint density at radius 3 is 2.37 bits per heavy atom. The molecule has 0 heterocycles. The molecule has 9 heteroatoms. The molecule has 0 aliphatic heterocycles. The first-order valence-corrected chi connectivity index (χ1v) is 4.88. The molecule has 1 amide bonds. The summed E-state index contributed by atoms with van der Waals surface area (Å²) in [5, 5.41) is 12.7. The molecule has 0 aliphatic carbocycles. The average molecular weight is 278 g/mol. The topological polar surface area (TPSA) is 81.5 Å². The molecular weight excluding hydrogens is 269 g/mol. The Kier molecular flexibility index (Phi) is 3.98. The van der Waals surface area contributed by atoms with Crippen LogP contribution in [0.25, 0.3) is 0 Å². The molecule has 0 spiro atoms. The number of nitrogens with zero attached hydrogens (tertiary/aromatic N) is 1. The van der Waals surface area contributed by atoms with Crippen LogP contribution in [0.15, 0.2) is 12.1 Å². The quantitative estimate of drug-likeness (QED) is 0.680. The molecule has 6 nitrogen and oxygen atoms in total. The summed E-state index contributed by atoms with van der Waals surface area (Å²) in [4.78, 5) is 20.7. The lowest BCUT2D eigenvalue weighted by atomic mass is 10.1. The largest absolute Gasteiger partial charge is 0.496 e. The number of nitro benzene ring substituents is 1. The molecule has 0 bridgehead atoms. The van der Waals surface area contributed by atoms with Crippen molar-refractivity contribution < 1.29 is 27.6 Å². The maximum atomic E-state index is 12.7. The lowest BCUT2D eigenvalue weighted by Crippen LogP contribution is -2.12. The van der Waals surface area contributed by atoms with Crippen molar-refractivity contribution in [3.8, 4) is 5.75 Å². The number of nitrogens with one attached hydrogen (secondary N) is 1. The predicted octanol–water partition coefficient (Wildman–Crippen LogP) is 2.58. The minimum atomic E-state index is -4.76. The molecule has 0 saturated carbocycles. The van der Waals surface area contributed by atoms with E-state index in [-0.39, 0.29) is 0 Å². The Bertz CT molecular complexity index is 528. The van der Waals surface area contributed by atoms with Crippen LogP contribution in [0.4, 0.5) is 24.5 Å². The van der Waals surface area contributed by atoms with Gasteiger partial charge in [-0.1, -0.05) is 0 Å². The van der Waals surface area contributed by atoms with E-state index in [1.807, 2.05) is 5.32 Å². The lowest BCUT2D eigenvalue weighted by Gasteiger charge is -2.14. The minimum absolute atomic E-state index is 0.471. The summed E-state index contributed by atoms with van der Waals surface area (Å²) in [6.45, 7) is 1.03. The van der Waals surface area contributed by atoms with Crippen LogP contribution in [0, 0.1) is 10.1 Å². The fourth-order valence-electron chi connectivity index (χ4n) is 1.40. The fourth-order valence-corrected chi connectivity index (χ4v) is 1.40. The van der Waals surface area contributed by atoms with Gasteiger partial charge >= 0.3 is 6.18 Å². The summed E-state index contributed by atoms with van der Waals surface area (Å²) >= 11 is 0. The predicted molar refractivity (Wildman–Crippen MR) is 59.0 cm³/mol. The van der Waals surface area contributed by atoms with E-state index in [1.165, 1.54) is 0 Å². The molecule has 0 aliphatic rings. The third kappa shape index (κ3) is 3.33. The van der Waals surface area contributed by atoms with Gasteiger partial charge in [-0.05, 0) is 6.07 Å². The highest BCUT2D eigenvalue weighted by molar-refractivity contribution is 5.91. The van der Waals surface area contributed by atoms with Crippen molar-refractivity contribution in [2.24, 2.45) is 0 Å². The number of carbonyl (C=O) groups is 1. The maximum absolute atomic E-state index is 12.7. The van der Waals surface area contributed by atoms with Crippen molar-refractivity contribution in [2.45, 2.75) is 13.1 Å². The maximum Gasteiger partial charge on any atom is 0.420 e. The number of halogens is 3. The number of hydrogen-bond acceptors (Lipinski definition) is 4. The van der Waals surface area contributed by atoms with Crippen molar-refractivity contribution in [3.05, 3.63) is 27.8 Å². The molecule has 1 aromatic rings. The molecule has 0 atom stereocenters. The molecule has 0 aromatic heterocycles. The Labute approximate surface area is 105 Å². The number of methoxy groups -OCH3 is 1. The molecule has 19 heavy (non-hydrogen) atoms. The minimum Gasteiger partial charge on any atom is -0.496 e. The van der Waals surface area contributed by atoms with E-state index in [0.717, 1.165) is 14.0 Å². The summed E-state index contributed by atoms with van der Waals surface area (Å²) < 4.78 is 42.7. The van der Waals surface area contributed by atoms with Crippen LogP contribution in [0.3, 0.4) is 0 Å². The van der Waals surface area contributed by atoms with Crippen LogP contribution in [-0.2, 0) is 11.0 Å². The van der Waals surface area contributed by atoms with Gasteiger partial charge in [-0.15, -0.1) is 0 Å². The summed E-state index contributed by atoms with van der Waals surface area (Å²) in [7, 11) is 0.965. The van der Waals surface area contributed by atoms with Crippen LogP contribution >= 0.6 is 0 Å². The number of nitro groups is 1. The Balaban J connectivity index is 3.51. The SMILES string of the molecule is COc1cc([N+](=O)[O-])c(NC(C)=O)cc1C(F)(F)F. The number of alkyl halides is 3. The van der Waals surface area contributed by atoms with E-state index in [0.29, 0.717) is 12.1 Å². The lowest BCUT2D eigenvalue weighted by molar-refractivity contribution is -0.384. The standard InChI is InChI=1S/C10H9F3N2O4/c1-5(16)14-7-3-6(10(11,12)13)9(19-2)4-8(7)15(17)18/h3-4H,1-2H3,(H,14,16). The molecule has 0 fully saturated rings. The van der Waals surface area contributed by atoms with Crippen LogP contribution in [-0.4, -0.2) is 17.9 Å². The van der Waals surface area contributed by atoms with Gasteiger partial charge in [0.15, 0.2) is 0 Å². The van der Waals surface area contributed by atoms with Crippen molar-refractivity contribution in [2.75, 3.05) is 12.4 Å². The molecule has 0 saturated heterocycles. The van der Waals surface area contributed by atoms with Crippen molar-refractivity contribution >= 4 is 17.3 Å². The van der Waals surface area contributed by atoms with Crippen molar-refractivity contribution in [3.63, 3.8) is 0 Å². The highest BCUT2D eigenvalue weighted by Gasteiger charge is 2.37. The van der Waals surface area contributed by atoms with E-state index in [2.05, 4.69) is 4.74 Å². The zero-order valence-electron chi connectivity index (χ0n) is 9.87.